The summed E-state index contributed by atoms with van der Waals surface area (Å²) in [5, 5.41) is 13.7. The average Bonchev–Trinajstić information content (AvgIpc) is 2.88. The molecule has 1 amide bonds. The molecule has 6 heteroatoms. The van der Waals surface area contributed by atoms with E-state index in [1.54, 1.807) is 24.3 Å². The molecule has 0 aliphatic rings. The minimum absolute atomic E-state index is 0.126. The van der Waals surface area contributed by atoms with Crippen LogP contribution >= 0.6 is 11.3 Å². The molecule has 0 saturated heterocycles. The molecule has 0 aliphatic carbocycles. The number of thiazole rings is 1. The number of aromatic nitrogens is 3. The zero-order chi connectivity index (χ0) is 14.7. The number of amides is 1. The van der Waals surface area contributed by atoms with Crippen molar-refractivity contribution in [2.24, 2.45) is 0 Å². The van der Waals surface area contributed by atoms with Crippen molar-refractivity contribution in [1.82, 2.24) is 20.5 Å². The summed E-state index contributed by atoms with van der Waals surface area (Å²) >= 11 is 1.63. The van der Waals surface area contributed by atoms with Crippen molar-refractivity contribution in [3.05, 3.63) is 39.6 Å². The molecule has 20 heavy (non-hydrogen) atoms. The summed E-state index contributed by atoms with van der Waals surface area (Å²) in [7, 11) is 0. The predicted molar refractivity (Wildman–Crippen MR) is 78.9 cm³/mol. The maximum Gasteiger partial charge on any atom is 0.253 e. The van der Waals surface area contributed by atoms with E-state index in [0.717, 1.165) is 10.7 Å². The number of rotatable bonds is 4. The van der Waals surface area contributed by atoms with Crippen molar-refractivity contribution >= 4 is 17.2 Å². The second-order valence-corrected chi connectivity index (χ2v) is 5.88. The minimum atomic E-state index is -0.149. The zero-order valence-corrected chi connectivity index (χ0v) is 12.9. The molecule has 2 rings (SSSR count). The number of nitrogens with zero attached hydrogens (tertiary/aromatic N) is 3. The standard InChI is InChI=1S/C14H18N4OS/c1-8(2)14-17-12(7-20-14)10(4)16-13(19)11-5-6-15-18-9(11)3/h5-8,10H,1-4H3,(H,16,19)/t10-/m1/s1. The highest BCUT2D eigenvalue weighted by molar-refractivity contribution is 7.09. The summed E-state index contributed by atoms with van der Waals surface area (Å²) in [6.45, 7) is 7.92. The smallest absolute Gasteiger partial charge is 0.253 e. The number of carbonyl (C=O) groups is 1. The lowest BCUT2D eigenvalue weighted by Crippen LogP contribution is -2.27. The van der Waals surface area contributed by atoms with Crippen LogP contribution in [0.15, 0.2) is 17.6 Å². The highest BCUT2D eigenvalue weighted by atomic mass is 32.1. The van der Waals surface area contributed by atoms with E-state index in [1.165, 1.54) is 6.20 Å². The normalized spacial score (nSPS) is 12.4. The van der Waals surface area contributed by atoms with Gasteiger partial charge in [0.15, 0.2) is 0 Å². The molecule has 0 unspecified atom stereocenters. The molecule has 0 fully saturated rings. The average molecular weight is 290 g/mol. The number of carbonyl (C=O) groups excluding carboxylic acids is 1. The van der Waals surface area contributed by atoms with Crippen molar-refractivity contribution in [2.75, 3.05) is 0 Å². The van der Waals surface area contributed by atoms with Gasteiger partial charge in [-0.2, -0.15) is 10.2 Å². The minimum Gasteiger partial charge on any atom is -0.344 e. The topological polar surface area (TPSA) is 67.8 Å². The molecular weight excluding hydrogens is 272 g/mol. The van der Waals surface area contributed by atoms with Gasteiger partial charge in [0.2, 0.25) is 0 Å². The Morgan fingerprint density at radius 2 is 2.10 bits per heavy atom. The van der Waals surface area contributed by atoms with Gasteiger partial charge in [-0.25, -0.2) is 4.98 Å². The van der Waals surface area contributed by atoms with Crippen molar-refractivity contribution in [2.45, 2.75) is 39.7 Å². The predicted octanol–water partition coefficient (Wildman–Crippen LogP) is 2.86. The number of nitrogens with one attached hydrogen (secondary N) is 1. The quantitative estimate of drug-likeness (QED) is 0.940. The van der Waals surface area contributed by atoms with Gasteiger partial charge >= 0.3 is 0 Å². The molecule has 106 valence electrons. The molecule has 0 saturated carbocycles. The van der Waals surface area contributed by atoms with E-state index in [1.807, 2.05) is 12.3 Å². The van der Waals surface area contributed by atoms with Crippen LogP contribution in [0.2, 0.25) is 0 Å². The molecule has 0 aliphatic heterocycles. The van der Waals surface area contributed by atoms with Gasteiger partial charge in [0.05, 0.1) is 34.2 Å². The van der Waals surface area contributed by atoms with Crippen LogP contribution in [-0.2, 0) is 0 Å². The fraction of sp³-hybridized carbons (Fsp3) is 0.429. The Kier molecular flexibility index (Phi) is 4.44. The van der Waals surface area contributed by atoms with Crippen LogP contribution in [0.4, 0.5) is 0 Å². The largest absolute Gasteiger partial charge is 0.344 e. The van der Waals surface area contributed by atoms with Gasteiger partial charge in [-0.3, -0.25) is 4.79 Å². The Labute approximate surface area is 122 Å². The monoisotopic (exact) mass is 290 g/mol. The van der Waals surface area contributed by atoms with Gasteiger partial charge in [0.1, 0.15) is 0 Å². The molecule has 0 spiro atoms. The van der Waals surface area contributed by atoms with Crippen LogP contribution in [0.1, 0.15) is 59.5 Å². The summed E-state index contributed by atoms with van der Waals surface area (Å²) in [5.41, 5.74) is 2.07. The Morgan fingerprint density at radius 3 is 2.70 bits per heavy atom. The third kappa shape index (κ3) is 3.19. The first kappa shape index (κ1) is 14.6. The summed E-state index contributed by atoms with van der Waals surface area (Å²) in [6.07, 6.45) is 1.52. The van der Waals surface area contributed by atoms with E-state index in [9.17, 15) is 4.79 Å². The third-order valence-electron chi connectivity index (χ3n) is 2.97. The lowest BCUT2D eigenvalue weighted by Gasteiger charge is -2.12. The molecule has 2 heterocycles. The fourth-order valence-electron chi connectivity index (χ4n) is 1.76. The maximum absolute atomic E-state index is 12.2. The van der Waals surface area contributed by atoms with Gasteiger partial charge in [-0.05, 0) is 19.9 Å². The Morgan fingerprint density at radius 1 is 1.35 bits per heavy atom. The van der Waals surface area contributed by atoms with E-state index in [2.05, 4.69) is 34.3 Å². The molecule has 1 atom stereocenters. The second kappa shape index (κ2) is 6.09. The Bertz CT molecular complexity index is 609. The highest BCUT2D eigenvalue weighted by Crippen LogP contribution is 2.22. The van der Waals surface area contributed by atoms with Crippen LogP contribution in [0.3, 0.4) is 0 Å². The van der Waals surface area contributed by atoms with Gasteiger partial charge in [-0.1, -0.05) is 13.8 Å². The zero-order valence-electron chi connectivity index (χ0n) is 12.0. The van der Waals surface area contributed by atoms with E-state index < -0.39 is 0 Å². The van der Waals surface area contributed by atoms with Gasteiger partial charge < -0.3 is 5.32 Å². The highest BCUT2D eigenvalue weighted by Gasteiger charge is 2.16. The summed E-state index contributed by atoms with van der Waals surface area (Å²) in [6, 6.07) is 1.55. The maximum atomic E-state index is 12.2. The Hall–Kier alpha value is -1.82. The SMILES string of the molecule is Cc1nnccc1C(=O)N[C@H](C)c1csc(C(C)C)n1. The lowest BCUT2D eigenvalue weighted by atomic mass is 10.2. The molecule has 0 aromatic carbocycles. The van der Waals surface area contributed by atoms with Crippen molar-refractivity contribution in [3.8, 4) is 0 Å². The van der Waals surface area contributed by atoms with E-state index >= 15 is 0 Å². The van der Waals surface area contributed by atoms with Crippen LogP contribution in [-0.4, -0.2) is 21.1 Å². The molecule has 1 N–H and O–H groups in total. The van der Waals surface area contributed by atoms with Crippen molar-refractivity contribution < 1.29 is 4.79 Å². The second-order valence-electron chi connectivity index (χ2n) is 4.99. The lowest BCUT2D eigenvalue weighted by molar-refractivity contribution is 0.0938. The molecule has 0 radical (unpaired) electrons. The fourth-order valence-corrected chi connectivity index (χ4v) is 2.68. The molecule has 5 nitrogen and oxygen atoms in total. The van der Waals surface area contributed by atoms with Crippen LogP contribution in [0.5, 0.6) is 0 Å². The van der Waals surface area contributed by atoms with E-state index in [4.69, 9.17) is 0 Å². The van der Waals surface area contributed by atoms with E-state index in [0.29, 0.717) is 17.2 Å². The van der Waals surface area contributed by atoms with Crippen LogP contribution < -0.4 is 5.32 Å². The molecule has 2 aromatic rings. The van der Waals surface area contributed by atoms with Crippen molar-refractivity contribution in [1.29, 1.82) is 0 Å². The molecule has 0 bridgehead atoms. The number of aryl methyl sites for hydroxylation is 1. The van der Waals surface area contributed by atoms with Gasteiger partial charge in [0.25, 0.3) is 5.91 Å². The number of hydrogen-bond acceptors (Lipinski definition) is 5. The van der Waals surface area contributed by atoms with Gasteiger partial charge in [0, 0.05) is 11.3 Å². The summed E-state index contributed by atoms with van der Waals surface area (Å²) in [4.78, 5) is 16.7. The molecule has 2 aromatic heterocycles. The third-order valence-corrected chi connectivity index (χ3v) is 4.14. The van der Waals surface area contributed by atoms with Crippen LogP contribution in [0.25, 0.3) is 0 Å². The molecular formula is C14H18N4OS. The van der Waals surface area contributed by atoms with Crippen molar-refractivity contribution in [3.63, 3.8) is 0 Å². The van der Waals surface area contributed by atoms with Crippen LogP contribution in [0, 0.1) is 6.92 Å². The first-order valence-electron chi connectivity index (χ1n) is 6.53. The summed E-state index contributed by atoms with van der Waals surface area (Å²) < 4.78 is 0. The first-order chi connectivity index (χ1) is 9.49. The Balaban J connectivity index is 2.09. The number of hydrogen-bond donors (Lipinski definition) is 1. The van der Waals surface area contributed by atoms with Gasteiger partial charge in [-0.15, -0.1) is 11.3 Å². The van der Waals surface area contributed by atoms with E-state index in [-0.39, 0.29) is 11.9 Å². The first-order valence-corrected chi connectivity index (χ1v) is 7.41. The summed E-state index contributed by atoms with van der Waals surface area (Å²) in [5.74, 6) is 0.257.